The Balaban J connectivity index is 2.17. The van der Waals surface area contributed by atoms with Crippen molar-refractivity contribution in [3.05, 3.63) is 0 Å². The SMILES string of the molecule is CC(C)OCC(NN)C1CC1C. The van der Waals surface area contributed by atoms with Crippen molar-refractivity contribution in [2.45, 2.75) is 39.3 Å². The third-order valence-corrected chi connectivity index (χ3v) is 2.51. The van der Waals surface area contributed by atoms with Crippen molar-refractivity contribution in [1.29, 1.82) is 0 Å². The predicted molar refractivity (Wildman–Crippen MR) is 49.5 cm³/mol. The molecule has 1 fully saturated rings. The fraction of sp³-hybridized carbons (Fsp3) is 1.00. The summed E-state index contributed by atoms with van der Waals surface area (Å²) >= 11 is 0. The second-order valence-corrected chi connectivity index (χ2v) is 4.03. The monoisotopic (exact) mass is 172 g/mol. The normalized spacial score (nSPS) is 30.8. The molecule has 12 heavy (non-hydrogen) atoms. The lowest BCUT2D eigenvalue weighted by Crippen LogP contribution is -2.41. The number of hydrogen-bond acceptors (Lipinski definition) is 3. The lowest BCUT2D eigenvalue weighted by atomic mass is 10.2. The Morgan fingerprint density at radius 1 is 1.58 bits per heavy atom. The van der Waals surface area contributed by atoms with Crippen molar-refractivity contribution in [3.63, 3.8) is 0 Å². The van der Waals surface area contributed by atoms with Gasteiger partial charge in [0.1, 0.15) is 0 Å². The molecule has 0 radical (unpaired) electrons. The highest BCUT2D eigenvalue weighted by Crippen LogP contribution is 2.40. The minimum absolute atomic E-state index is 0.301. The van der Waals surface area contributed by atoms with Crippen LogP contribution in [0.4, 0.5) is 0 Å². The van der Waals surface area contributed by atoms with Crippen LogP contribution in [0.15, 0.2) is 0 Å². The van der Waals surface area contributed by atoms with Gasteiger partial charge in [-0.15, -0.1) is 0 Å². The molecule has 1 saturated carbocycles. The van der Waals surface area contributed by atoms with Crippen LogP contribution in [-0.4, -0.2) is 18.8 Å². The standard InChI is InChI=1S/C9H20N2O/c1-6(2)12-5-9(11-10)8-4-7(8)3/h6-9,11H,4-5,10H2,1-3H3. The van der Waals surface area contributed by atoms with Crippen LogP contribution in [0.5, 0.6) is 0 Å². The maximum Gasteiger partial charge on any atom is 0.0639 e. The first-order valence-corrected chi connectivity index (χ1v) is 4.73. The van der Waals surface area contributed by atoms with E-state index in [2.05, 4.69) is 12.3 Å². The molecular weight excluding hydrogens is 152 g/mol. The maximum atomic E-state index is 5.50. The zero-order chi connectivity index (χ0) is 9.14. The smallest absolute Gasteiger partial charge is 0.0639 e. The molecule has 0 spiro atoms. The van der Waals surface area contributed by atoms with Crippen LogP contribution < -0.4 is 11.3 Å². The highest BCUT2D eigenvalue weighted by Gasteiger charge is 2.39. The van der Waals surface area contributed by atoms with Gasteiger partial charge in [-0.2, -0.15) is 0 Å². The van der Waals surface area contributed by atoms with Crippen LogP contribution >= 0.6 is 0 Å². The van der Waals surface area contributed by atoms with Crippen LogP contribution in [-0.2, 0) is 4.74 Å². The number of nitrogens with one attached hydrogen (secondary N) is 1. The summed E-state index contributed by atoms with van der Waals surface area (Å²) in [5.74, 6) is 6.98. The van der Waals surface area contributed by atoms with E-state index < -0.39 is 0 Å². The van der Waals surface area contributed by atoms with E-state index in [4.69, 9.17) is 10.6 Å². The van der Waals surface area contributed by atoms with Crippen molar-refractivity contribution < 1.29 is 4.74 Å². The molecule has 0 heterocycles. The van der Waals surface area contributed by atoms with Crippen molar-refractivity contribution in [2.75, 3.05) is 6.61 Å². The second-order valence-electron chi connectivity index (χ2n) is 4.03. The summed E-state index contributed by atoms with van der Waals surface area (Å²) in [6, 6.07) is 0.349. The first kappa shape index (κ1) is 9.96. The van der Waals surface area contributed by atoms with E-state index >= 15 is 0 Å². The molecule has 0 saturated heterocycles. The fourth-order valence-electron chi connectivity index (χ4n) is 1.50. The zero-order valence-corrected chi connectivity index (χ0v) is 8.21. The second kappa shape index (κ2) is 4.21. The summed E-state index contributed by atoms with van der Waals surface area (Å²) < 4.78 is 5.50. The van der Waals surface area contributed by atoms with Crippen LogP contribution in [0.25, 0.3) is 0 Å². The van der Waals surface area contributed by atoms with Crippen LogP contribution in [0.2, 0.25) is 0 Å². The van der Waals surface area contributed by atoms with Gasteiger partial charge in [0.05, 0.1) is 12.7 Å². The summed E-state index contributed by atoms with van der Waals surface area (Å²) in [5.41, 5.74) is 2.82. The summed E-state index contributed by atoms with van der Waals surface area (Å²) in [7, 11) is 0. The molecule has 3 N–H and O–H groups in total. The molecule has 3 atom stereocenters. The molecule has 3 nitrogen and oxygen atoms in total. The average Bonchev–Trinajstić information content (AvgIpc) is 2.68. The molecule has 3 heteroatoms. The highest BCUT2D eigenvalue weighted by molar-refractivity contribution is 4.91. The number of rotatable bonds is 5. The van der Waals surface area contributed by atoms with E-state index in [1.165, 1.54) is 6.42 Å². The van der Waals surface area contributed by atoms with Crippen LogP contribution in [0.3, 0.4) is 0 Å². The van der Waals surface area contributed by atoms with Crippen LogP contribution in [0, 0.1) is 11.8 Å². The van der Waals surface area contributed by atoms with Gasteiger partial charge in [0, 0.05) is 6.04 Å². The van der Waals surface area contributed by atoms with E-state index in [1.54, 1.807) is 0 Å². The lowest BCUT2D eigenvalue weighted by Gasteiger charge is -2.17. The molecule has 3 unspecified atom stereocenters. The summed E-state index contributed by atoms with van der Waals surface area (Å²) in [4.78, 5) is 0. The largest absolute Gasteiger partial charge is 0.377 e. The fourth-order valence-corrected chi connectivity index (χ4v) is 1.50. The molecule has 0 aliphatic heterocycles. The van der Waals surface area contributed by atoms with E-state index in [0.717, 1.165) is 18.4 Å². The third-order valence-electron chi connectivity index (χ3n) is 2.51. The van der Waals surface area contributed by atoms with Gasteiger partial charge in [-0.05, 0) is 32.1 Å². The van der Waals surface area contributed by atoms with Gasteiger partial charge in [-0.25, -0.2) is 0 Å². The van der Waals surface area contributed by atoms with Gasteiger partial charge in [0.15, 0.2) is 0 Å². The summed E-state index contributed by atoms with van der Waals surface area (Å²) in [6.45, 7) is 7.08. The molecule has 1 rings (SSSR count). The van der Waals surface area contributed by atoms with Gasteiger partial charge < -0.3 is 4.74 Å². The first-order valence-electron chi connectivity index (χ1n) is 4.73. The lowest BCUT2D eigenvalue weighted by molar-refractivity contribution is 0.0559. The minimum atomic E-state index is 0.301. The van der Waals surface area contributed by atoms with Crippen molar-refractivity contribution in [3.8, 4) is 0 Å². The van der Waals surface area contributed by atoms with Gasteiger partial charge >= 0.3 is 0 Å². The minimum Gasteiger partial charge on any atom is -0.377 e. The number of hydrogen-bond donors (Lipinski definition) is 2. The maximum absolute atomic E-state index is 5.50. The summed E-state index contributed by atoms with van der Waals surface area (Å²) in [5, 5.41) is 0. The third kappa shape index (κ3) is 2.73. The van der Waals surface area contributed by atoms with Gasteiger partial charge in [-0.3, -0.25) is 11.3 Å². The molecule has 72 valence electrons. The molecule has 0 amide bonds. The Morgan fingerprint density at radius 2 is 2.17 bits per heavy atom. The van der Waals surface area contributed by atoms with Gasteiger partial charge in [0.25, 0.3) is 0 Å². The van der Waals surface area contributed by atoms with E-state index in [0.29, 0.717) is 12.1 Å². The van der Waals surface area contributed by atoms with Crippen molar-refractivity contribution in [1.82, 2.24) is 5.43 Å². The van der Waals surface area contributed by atoms with Gasteiger partial charge in [-0.1, -0.05) is 6.92 Å². The summed E-state index contributed by atoms with van der Waals surface area (Å²) in [6.07, 6.45) is 1.59. The quantitative estimate of drug-likeness (QED) is 0.478. The van der Waals surface area contributed by atoms with E-state index in [9.17, 15) is 0 Å². The first-order chi connectivity index (χ1) is 5.65. The number of hydrazine groups is 1. The molecule has 1 aliphatic rings. The Kier molecular flexibility index (Phi) is 3.50. The Labute approximate surface area is 74.6 Å². The van der Waals surface area contributed by atoms with Crippen molar-refractivity contribution >= 4 is 0 Å². The molecule has 1 aliphatic carbocycles. The Hall–Kier alpha value is -0.120. The van der Waals surface area contributed by atoms with Gasteiger partial charge in [0.2, 0.25) is 0 Å². The molecule has 0 aromatic rings. The average molecular weight is 172 g/mol. The molecule has 0 aromatic heterocycles. The number of ether oxygens (including phenoxy) is 1. The van der Waals surface area contributed by atoms with Crippen LogP contribution in [0.1, 0.15) is 27.2 Å². The topological polar surface area (TPSA) is 47.3 Å². The van der Waals surface area contributed by atoms with E-state index in [1.807, 2.05) is 13.8 Å². The highest BCUT2D eigenvalue weighted by atomic mass is 16.5. The molecule has 0 aromatic carbocycles. The number of nitrogens with two attached hydrogens (primary N) is 1. The Bertz CT molecular complexity index is 138. The zero-order valence-electron chi connectivity index (χ0n) is 8.21. The molecule has 0 bridgehead atoms. The van der Waals surface area contributed by atoms with Crippen molar-refractivity contribution in [2.24, 2.45) is 17.7 Å². The Morgan fingerprint density at radius 3 is 2.50 bits per heavy atom. The predicted octanol–water partition coefficient (Wildman–Crippen LogP) is 0.899. The molecular formula is C9H20N2O. The van der Waals surface area contributed by atoms with E-state index in [-0.39, 0.29) is 0 Å².